The summed E-state index contributed by atoms with van der Waals surface area (Å²) < 4.78 is 11.7. The van der Waals surface area contributed by atoms with Crippen LogP contribution in [0.4, 0.5) is 5.69 Å². The van der Waals surface area contributed by atoms with Crippen molar-refractivity contribution in [2.24, 2.45) is 0 Å². The highest BCUT2D eigenvalue weighted by Crippen LogP contribution is 2.31. The van der Waals surface area contributed by atoms with Crippen LogP contribution in [0.25, 0.3) is 0 Å². The lowest BCUT2D eigenvalue weighted by atomic mass is 10.0. The molecule has 0 heterocycles. The van der Waals surface area contributed by atoms with Gasteiger partial charge in [-0.05, 0) is 35.7 Å². The van der Waals surface area contributed by atoms with E-state index in [0.29, 0.717) is 13.0 Å². The molecule has 200 valence electrons. The number of nitro benzene ring substituents is 1. The summed E-state index contributed by atoms with van der Waals surface area (Å²) in [6.07, 6.45) is 1.08. The molecule has 2 amide bonds. The molecule has 1 unspecified atom stereocenters. The summed E-state index contributed by atoms with van der Waals surface area (Å²) in [6.45, 7) is 2.26. The van der Waals surface area contributed by atoms with E-state index in [1.165, 1.54) is 30.2 Å². The van der Waals surface area contributed by atoms with E-state index in [-0.39, 0.29) is 36.2 Å². The van der Waals surface area contributed by atoms with Crippen molar-refractivity contribution in [2.45, 2.75) is 32.4 Å². The van der Waals surface area contributed by atoms with E-state index in [1.807, 2.05) is 61.5 Å². The number of nitro groups is 1. The summed E-state index contributed by atoms with van der Waals surface area (Å²) in [5.74, 6) is -0.406. The number of hydrogen-bond donors (Lipinski definition) is 1. The molecule has 0 aliphatic heterocycles. The van der Waals surface area contributed by atoms with Gasteiger partial charge in [0, 0.05) is 36.1 Å². The molecule has 0 fully saturated rings. The quantitative estimate of drug-likeness (QED) is 0.226. The van der Waals surface area contributed by atoms with Gasteiger partial charge in [-0.2, -0.15) is 0 Å². The predicted octanol–water partition coefficient (Wildman–Crippen LogP) is 4.91. The summed E-state index contributed by atoms with van der Waals surface area (Å²) >= 11 is 3.47. The average molecular weight is 584 g/mol. The van der Waals surface area contributed by atoms with Crippen molar-refractivity contribution in [1.82, 2.24) is 10.2 Å². The molecule has 0 saturated carbocycles. The van der Waals surface area contributed by atoms with Gasteiger partial charge in [0.15, 0.2) is 6.61 Å². The van der Waals surface area contributed by atoms with Gasteiger partial charge in [0.05, 0.1) is 12.0 Å². The molecule has 0 saturated heterocycles. The number of halogens is 1. The predicted molar refractivity (Wildman–Crippen MR) is 147 cm³/mol. The lowest BCUT2D eigenvalue weighted by Gasteiger charge is -2.31. The molecule has 1 atom stereocenters. The van der Waals surface area contributed by atoms with Gasteiger partial charge in [-0.25, -0.2) is 0 Å². The second kappa shape index (κ2) is 14.1. The first kappa shape index (κ1) is 28.6. The van der Waals surface area contributed by atoms with Gasteiger partial charge in [0.2, 0.25) is 11.7 Å². The number of ether oxygens (including phenoxy) is 2. The third kappa shape index (κ3) is 8.04. The molecule has 38 heavy (non-hydrogen) atoms. The fraction of sp³-hybridized carbons (Fsp3) is 0.286. The van der Waals surface area contributed by atoms with Crippen molar-refractivity contribution in [1.29, 1.82) is 0 Å². The summed E-state index contributed by atoms with van der Waals surface area (Å²) in [5.41, 5.74) is 1.54. The number of nitrogens with zero attached hydrogens (tertiary/aromatic N) is 2. The zero-order valence-electron chi connectivity index (χ0n) is 21.3. The Kier molecular flexibility index (Phi) is 10.7. The summed E-state index contributed by atoms with van der Waals surface area (Å²) in [6, 6.07) is 20.3. The van der Waals surface area contributed by atoms with Crippen LogP contribution in [0.15, 0.2) is 77.3 Å². The molecule has 3 aromatic carbocycles. The van der Waals surface area contributed by atoms with Gasteiger partial charge < -0.3 is 19.7 Å². The van der Waals surface area contributed by atoms with Crippen molar-refractivity contribution in [3.63, 3.8) is 0 Å². The Morgan fingerprint density at radius 2 is 1.79 bits per heavy atom. The standard InChI is InChI=1S/C28H30BrN3O6/c1-3-14-30-28(34)25(16-20-8-5-4-6-9-20)31(18-21-10-7-11-22(29)15-21)27(33)19-38-23-12-13-24(32(35)36)26(17-23)37-2/h4-13,15,17,25H,3,14,16,18-19H2,1-2H3,(H,30,34). The molecular weight excluding hydrogens is 554 g/mol. The van der Waals surface area contributed by atoms with Gasteiger partial charge in [0.1, 0.15) is 11.8 Å². The molecule has 3 aromatic rings. The van der Waals surface area contributed by atoms with Crippen LogP contribution in [0.3, 0.4) is 0 Å². The van der Waals surface area contributed by atoms with E-state index in [4.69, 9.17) is 9.47 Å². The number of rotatable bonds is 13. The van der Waals surface area contributed by atoms with Gasteiger partial charge in [-0.3, -0.25) is 19.7 Å². The van der Waals surface area contributed by atoms with Crippen LogP contribution in [-0.2, 0) is 22.6 Å². The lowest BCUT2D eigenvalue weighted by molar-refractivity contribution is -0.385. The Labute approximate surface area is 230 Å². The van der Waals surface area contributed by atoms with Gasteiger partial charge in [-0.1, -0.05) is 65.3 Å². The van der Waals surface area contributed by atoms with Gasteiger partial charge >= 0.3 is 5.69 Å². The minimum absolute atomic E-state index is 0.0202. The van der Waals surface area contributed by atoms with Crippen LogP contribution in [0.5, 0.6) is 11.5 Å². The topological polar surface area (TPSA) is 111 Å². The third-order valence-electron chi connectivity index (χ3n) is 5.77. The number of amides is 2. The van der Waals surface area contributed by atoms with Crippen LogP contribution in [0, 0.1) is 10.1 Å². The van der Waals surface area contributed by atoms with Crippen molar-refractivity contribution in [3.05, 3.63) is 98.5 Å². The van der Waals surface area contributed by atoms with E-state index in [1.54, 1.807) is 0 Å². The molecule has 0 bridgehead atoms. The molecule has 0 aromatic heterocycles. The number of carbonyl (C=O) groups excluding carboxylic acids is 2. The highest BCUT2D eigenvalue weighted by Gasteiger charge is 2.30. The van der Waals surface area contributed by atoms with E-state index in [2.05, 4.69) is 21.2 Å². The number of carbonyl (C=O) groups is 2. The second-order valence-corrected chi connectivity index (χ2v) is 9.44. The maximum atomic E-state index is 13.6. The van der Waals surface area contributed by atoms with Crippen LogP contribution in [0.2, 0.25) is 0 Å². The molecule has 0 aliphatic carbocycles. The summed E-state index contributed by atoms with van der Waals surface area (Å²) in [5, 5.41) is 14.1. The SMILES string of the molecule is CCCNC(=O)C(Cc1ccccc1)N(Cc1cccc(Br)c1)C(=O)COc1ccc([N+](=O)[O-])c(OC)c1. The highest BCUT2D eigenvalue weighted by molar-refractivity contribution is 9.10. The highest BCUT2D eigenvalue weighted by atomic mass is 79.9. The zero-order valence-corrected chi connectivity index (χ0v) is 22.8. The Balaban J connectivity index is 1.90. The van der Waals surface area contributed by atoms with Crippen LogP contribution in [0.1, 0.15) is 24.5 Å². The van der Waals surface area contributed by atoms with Crippen LogP contribution in [-0.4, -0.2) is 47.9 Å². The molecule has 1 N–H and O–H groups in total. The van der Waals surface area contributed by atoms with E-state index in [0.717, 1.165) is 22.0 Å². The number of hydrogen-bond acceptors (Lipinski definition) is 6. The molecule has 3 rings (SSSR count). The van der Waals surface area contributed by atoms with Crippen molar-refractivity contribution in [2.75, 3.05) is 20.3 Å². The normalized spacial score (nSPS) is 11.3. The Hall–Kier alpha value is -3.92. The number of nitrogens with one attached hydrogen (secondary N) is 1. The molecule has 10 heteroatoms. The Morgan fingerprint density at radius 3 is 2.45 bits per heavy atom. The maximum Gasteiger partial charge on any atom is 0.311 e. The monoisotopic (exact) mass is 583 g/mol. The fourth-order valence-electron chi connectivity index (χ4n) is 3.88. The molecule has 0 radical (unpaired) electrons. The molecule has 0 spiro atoms. The Morgan fingerprint density at radius 1 is 1.05 bits per heavy atom. The second-order valence-electron chi connectivity index (χ2n) is 8.53. The van der Waals surface area contributed by atoms with Crippen molar-refractivity contribution < 1.29 is 24.0 Å². The zero-order chi connectivity index (χ0) is 27.5. The number of benzene rings is 3. The lowest BCUT2D eigenvalue weighted by Crippen LogP contribution is -2.51. The molecule has 9 nitrogen and oxygen atoms in total. The van der Waals surface area contributed by atoms with E-state index in [9.17, 15) is 19.7 Å². The first-order valence-corrected chi connectivity index (χ1v) is 12.9. The summed E-state index contributed by atoms with van der Waals surface area (Å²) in [4.78, 5) is 39.1. The minimum atomic E-state index is -0.787. The van der Waals surface area contributed by atoms with Crippen molar-refractivity contribution >= 4 is 33.4 Å². The third-order valence-corrected chi connectivity index (χ3v) is 6.27. The fourth-order valence-corrected chi connectivity index (χ4v) is 4.33. The minimum Gasteiger partial charge on any atom is -0.490 e. The van der Waals surface area contributed by atoms with Gasteiger partial charge in [0.25, 0.3) is 5.91 Å². The average Bonchev–Trinajstić information content (AvgIpc) is 2.92. The first-order chi connectivity index (χ1) is 18.3. The van der Waals surface area contributed by atoms with Crippen LogP contribution < -0.4 is 14.8 Å². The smallest absolute Gasteiger partial charge is 0.311 e. The molecule has 0 aliphatic rings. The van der Waals surface area contributed by atoms with Crippen molar-refractivity contribution in [3.8, 4) is 11.5 Å². The Bertz CT molecular complexity index is 1250. The van der Waals surface area contributed by atoms with Gasteiger partial charge in [-0.15, -0.1) is 0 Å². The maximum absolute atomic E-state index is 13.6. The largest absolute Gasteiger partial charge is 0.490 e. The van der Waals surface area contributed by atoms with Crippen LogP contribution >= 0.6 is 15.9 Å². The number of methoxy groups -OCH3 is 1. The summed E-state index contributed by atoms with van der Waals surface area (Å²) in [7, 11) is 1.32. The first-order valence-electron chi connectivity index (χ1n) is 12.1. The molecular formula is C28H30BrN3O6. The van der Waals surface area contributed by atoms with E-state index < -0.39 is 16.9 Å². The van der Waals surface area contributed by atoms with E-state index >= 15 is 0 Å².